The summed E-state index contributed by atoms with van der Waals surface area (Å²) in [6.45, 7) is 2.53. The highest BCUT2D eigenvalue weighted by Gasteiger charge is 2.23. The summed E-state index contributed by atoms with van der Waals surface area (Å²) < 4.78 is 33.1. The van der Waals surface area contributed by atoms with Gasteiger partial charge in [-0.15, -0.1) is 0 Å². The van der Waals surface area contributed by atoms with Gasteiger partial charge in [0, 0.05) is 11.9 Å². The third-order valence-corrected chi connectivity index (χ3v) is 5.58. The molecule has 1 aromatic heterocycles. The SMILES string of the molecule is CCCNc1c(NS(=O)(=O)c2ccccc2Cl)c(=O)oc2ccccc12. The Kier molecular flexibility index (Phi) is 5.20. The van der Waals surface area contributed by atoms with Crippen molar-refractivity contribution in [3.63, 3.8) is 0 Å². The van der Waals surface area contributed by atoms with Gasteiger partial charge in [0.05, 0.1) is 10.7 Å². The van der Waals surface area contributed by atoms with Gasteiger partial charge in [0.25, 0.3) is 10.0 Å². The molecule has 8 heteroatoms. The van der Waals surface area contributed by atoms with Crippen LogP contribution in [-0.4, -0.2) is 15.0 Å². The number of halogens is 1. The molecule has 26 heavy (non-hydrogen) atoms. The van der Waals surface area contributed by atoms with E-state index >= 15 is 0 Å². The Morgan fingerprint density at radius 1 is 1.04 bits per heavy atom. The fourth-order valence-corrected chi connectivity index (χ4v) is 4.12. The monoisotopic (exact) mass is 392 g/mol. The third kappa shape index (κ3) is 3.54. The Morgan fingerprint density at radius 3 is 2.46 bits per heavy atom. The molecule has 0 radical (unpaired) electrons. The maximum absolute atomic E-state index is 12.7. The number of benzene rings is 2. The molecule has 136 valence electrons. The van der Waals surface area contributed by atoms with E-state index in [0.29, 0.717) is 23.2 Å². The molecule has 3 aromatic rings. The maximum atomic E-state index is 12.7. The van der Waals surface area contributed by atoms with Crippen molar-refractivity contribution in [3.05, 3.63) is 64.0 Å². The molecule has 0 unspecified atom stereocenters. The summed E-state index contributed by atoms with van der Waals surface area (Å²) in [6.07, 6.45) is 0.797. The zero-order valence-electron chi connectivity index (χ0n) is 14.0. The van der Waals surface area contributed by atoms with Crippen LogP contribution in [0.5, 0.6) is 0 Å². The van der Waals surface area contributed by atoms with Gasteiger partial charge in [-0.1, -0.05) is 42.8 Å². The molecule has 0 fully saturated rings. The number of nitrogens with one attached hydrogen (secondary N) is 2. The fourth-order valence-electron chi connectivity index (χ4n) is 2.53. The first-order valence-corrected chi connectivity index (χ1v) is 9.87. The van der Waals surface area contributed by atoms with Crippen LogP contribution in [0, 0.1) is 0 Å². The van der Waals surface area contributed by atoms with Crippen LogP contribution in [0.4, 0.5) is 11.4 Å². The Morgan fingerprint density at radius 2 is 1.73 bits per heavy atom. The molecule has 2 aromatic carbocycles. The molecule has 0 aliphatic rings. The van der Waals surface area contributed by atoms with Crippen LogP contribution in [0.25, 0.3) is 11.0 Å². The van der Waals surface area contributed by atoms with E-state index in [2.05, 4.69) is 10.0 Å². The number of anilines is 2. The van der Waals surface area contributed by atoms with E-state index in [1.165, 1.54) is 12.1 Å². The van der Waals surface area contributed by atoms with Crippen molar-refractivity contribution in [3.8, 4) is 0 Å². The van der Waals surface area contributed by atoms with Crippen molar-refractivity contribution < 1.29 is 12.8 Å². The number of sulfonamides is 1. The van der Waals surface area contributed by atoms with Gasteiger partial charge >= 0.3 is 5.63 Å². The molecule has 0 bridgehead atoms. The molecule has 0 spiro atoms. The molecule has 0 amide bonds. The molecule has 6 nitrogen and oxygen atoms in total. The lowest BCUT2D eigenvalue weighted by Gasteiger charge is -2.15. The lowest BCUT2D eigenvalue weighted by Crippen LogP contribution is -2.21. The van der Waals surface area contributed by atoms with Gasteiger partial charge in [-0.25, -0.2) is 13.2 Å². The Hall–Kier alpha value is -2.51. The first-order valence-electron chi connectivity index (χ1n) is 8.01. The van der Waals surface area contributed by atoms with Crippen LogP contribution in [0.3, 0.4) is 0 Å². The minimum absolute atomic E-state index is 0.0632. The van der Waals surface area contributed by atoms with E-state index in [0.717, 1.165) is 6.42 Å². The van der Waals surface area contributed by atoms with E-state index in [1.54, 1.807) is 36.4 Å². The summed E-state index contributed by atoms with van der Waals surface area (Å²) in [5, 5.41) is 3.79. The van der Waals surface area contributed by atoms with E-state index in [1.807, 2.05) is 6.92 Å². The first kappa shape index (κ1) is 18.3. The predicted octanol–water partition coefficient (Wildman–Crippen LogP) is 4.07. The minimum Gasteiger partial charge on any atom is -0.421 e. The van der Waals surface area contributed by atoms with Gasteiger partial charge in [0.2, 0.25) is 0 Å². The standard InChI is InChI=1S/C18H17ClN2O4S/c1-2-11-20-16-12-7-3-5-9-14(12)25-18(22)17(16)21-26(23,24)15-10-6-4-8-13(15)19/h3-10,20-21H,2,11H2,1H3. The maximum Gasteiger partial charge on any atom is 0.363 e. The second-order valence-corrected chi connectivity index (χ2v) is 7.66. The number of hydrogen-bond acceptors (Lipinski definition) is 5. The van der Waals surface area contributed by atoms with E-state index in [-0.39, 0.29) is 15.6 Å². The van der Waals surface area contributed by atoms with Gasteiger partial charge in [0.15, 0.2) is 5.69 Å². The smallest absolute Gasteiger partial charge is 0.363 e. The highest BCUT2D eigenvalue weighted by molar-refractivity contribution is 7.92. The Labute approximate surface area is 155 Å². The highest BCUT2D eigenvalue weighted by atomic mass is 35.5. The van der Waals surface area contributed by atoms with Crippen molar-refractivity contribution in [1.82, 2.24) is 0 Å². The van der Waals surface area contributed by atoms with Gasteiger partial charge < -0.3 is 9.73 Å². The van der Waals surface area contributed by atoms with Crippen molar-refractivity contribution in [2.75, 3.05) is 16.6 Å². The van der Waals surface area contributed by atoms with E-state index < -0.39 is 15.6 Å². The van der Waals surface area contributed by atoms with Gasteiger partial charge in [-0.2, -0.15) is 0 Å². The minimum atomic E-state index is -4.06. The second kappa shape index (κ2) is 7.39. The van der Waals surface area contributed by atoms with E-state index in [9.17, 15) is 13.2 Å². The largest absolute Gasteiger partial charge is 0.421 e. The summed E-state index contributed by atoms with van der Waals surface area (Å²) >= 11 is 6.00. The number of hydrogen-bond donors (Lipinski definition) is 2. The lowest BCUT2D eigenvalue weighted by molar-refractivity contribution is 0.563. The zero-order valence-corrected chi connectivity index (χ0v) is 15.5. The predicted molar refractivity (Wildman–Crippen MR) is 104 cm³/mol. The lowest BCUT2D eigenvalue weighted by atomic mass is 10.2. The van der Waals surface area contributed by atoms with Gasteiger partial charge in [0.1, 0.15) is 10.5 Å². The van der Waals surface area contributed by atoms with Crippen LogP contribution >= 0.6 is 11.6 Å². The summed E-state index contributed by atoms with van der Waals surface area (Å²) in [5.41, 5.74) is -0.193. The molecule has 0 atom stereocenters. The third-order valence-electron chi connectivity index (χ3n) is 3.73. The highest BCUT2D eigenvalue weighted by Crippen LogP contribution is 2.31. The normalized spacial score (nSPS) is 11.5. The molecule has 0 aliphatic carbocycles. The van der Waals surface area contributed by atoms with Crippen molar-refractivity contribution in [2.45, 2.75) is 18.2 Å². The fraction of sp³-hybridized carbons (Fsp3) is 0.167. The molecule has 0 saturated carbocycles. The summed E-state index contributed by atoms with van der Waals surface area (Å²) in [5.74, 6) is 0. The summed E-state index contributed by atoms with van der Waals surface area (Å²) in [4.78, 5) is 12.3. The first-order chi connectivity index (χ1) is 12.4. The molecular weight excluding hydrogens is 376 g/mol. The Balaban J connectivity index is 2.17. The molecule has 0 saturated heterocycles. The average molecular weight is 393 g/mol. The quantitative estimate of drug-likeness (QED) is 0.617. The molecule has 0 aliphatic heterocycles. The number of rotatable bonds is 6. The van der Waals surface area contributed by atoms with Crippen molar-refractivity contribution >= 4 is 44.0 Å². The Bertz CT molecular complexity index is 1110. The molecular formula is C18H17ClN2O4S. The zero-order chi connectivity index (χ0) is 18.7. The van der Waals surface area contributed by atoms with E-state index in [4.69, 9.17) is 16.0 Å². The van der Waals surface area contributed by atoms with Crippen LogP contribution in [0.15, 0.2) is 62.6 Å². The molecule has 3 rings (SSSR count). The van der Waals surface area contributed by atoms with Crippen LogP contribution in [0.1, 0.15) is 13.3 Å². The topological polar surface area (TPSA) is 88.4 Å². The van der Waals surface area contributed by atoms with Gasteiger partial charge in [-0.05, 0) is 30.7 Å². The van der Waals surface area contributed by atoms with Crippen molar-refractivity contribution in [2.24, 2.45) is 0 Å². The van der Waals surface area contributed by atoms with Crippen LogP contribution in [0.2, 0.25) is 5.02 Å². The summed E-state index contributed by atoms with van der Waals surface area (Å²) in [6, 6.07) is 12.9. The second-order valence-electron chi connectivity index (χ2n) is 5.60. The van der Waals surface area contributed by atoms with Crippen molar-refractivity contribution in [1.29, 1.82) is 0 Å². The average Bonchev–Trinajstić information content (AvgIpc) is 2.61. The number of fused-ring (bicyclic) bond motifs is 1. The van der Waals surface area contributed by atoms with Crippen LogP contribution < -0.4 is 15.7 Å². The van der Waals surface area contributed by atoms with Gasteiger partial charge in [-0.3, -0.25) is 4.72 Å². The molecule has 2 N–H and O–H groups in total. The number of para-hydroxylation sites is 1. The summed E-state index contributed by atoms with van der Waals surface area (Å²) in [7, 11) is -4.06. The van der Waals surface area contributed by atoms with Crippen LogP contribution in [-0.2, 0) is 10.0 Å². The molecule has 1 heterocycles.